The van der Waals surface area contributed by atoms with Gasteiger partial charge in [-0.25, -0.2) is 0 Å². The molecule has 0 radical (unpaired) electrons. The molecule has 1 amide bonds. The van der Waals surface area contributed by atoms with Crippen LogP contribution in [0.3, 0.4) is 0 Å². The molecule has 1 aliphatic rings. The van der Waals surface area contributed by atoms with Crippen LogP contribution in [0, 0.1) is 0 Å². The zero-order valence-corrected chi connectivity index (χ0v) is 15.1. The number of amides is 1. The predicted molar refractivity (Wildman–Crippen MR) is 99.4 cm³/mol. The lowest BCUT2D eigenvalue weighted by molar-refractivity contribution is -0.123. The Kier molecular flexibility index (Phi) is 5.91. The topological polar surface area (TPSA) is 59.0 Å². The molecule has 1 N–H and O–H groups in total. The quantitative estimate of drug-likeness (QED) is 0.865. The fraction of sp³-hybridized carbons (Fsp3) is 0.381. The molecule has 0 aromatic heterocycles. The molecule has 0 saturated carbocycles. The summed E-state index contributed by atoms with van der Waals surface area (Å²) in [6, 6.07) is 17.1. The van der Waals surface area contributed by atoms with Crippen molar-refractivity contribution < 1.29 is 19.4 Å². The van der Waals surface area contributed by atoms with Gasteiger partial charge in [-0.05, 0) is 30.7 Å². The third kappa shape index (κ3) is 4.23. The number of carbonyl (C=O) groups is 1. The lowest BCUT2D eigenvalue weighted by atomic mass is 9.93. The number of carbonyl (C=O) groups excluding carboxylic acids is 1. The number of aliphatic hydroxyl groups excluding tert-OH is 1. The SMILES string of the molecule is CCOc1cccc(C(=O)N2CCO[C@@](CO)(Cc3ccccc3)C2)c1. The molecule has 138 valence electrons. The normalized spacial score (nSPS) is 20.0. The van der Waals surface area contributed by atoms with Crippen LogP contribution in [0.4, 0.5) is 0 Å². The van der Waals surface area contributed by atoms with E-state index in [0.29, 0.717) is 44.0 Å². The molecule has 1 atom stereocenters. The van der Waals surface area contributed by atoms with E-state index < -0.39 is 5.60 Å². The molecule has 0 bridgehead atoms. The van der Waals surface area contributed by atoms with E-state index in [1.807, 2.05) is 49.4 Å². The minimum atomic E-state index is -0.771. The first-order valence-corrected chi connectivity index (χ1v) is 8.97. The molecule has 1 saturated heterocycles. The number of morpholine rings is 1. The van der Waals surface area contributed by atoms with E-state index in [2.05, 4.69) is 0 Å². The lowest BCUT2D eigenvalue weighted by Crippen LogP contribution is -2.56. The molecule has 2 aromatic carbocycles. The average molecular weight is 355 g/mol. The van der Waals surface area contributed by atoms with Crippen molar-refractivity contribution >= 4 is 5.91 Å². The van der Waals surface area contributed by atoms with Gasteiger partial charge in [0.25, 0.3) is 5.91 Å². The summed E-state index contributed by atoms with van der Waals surface area (Å²) >= 11 is 0. The van der Waals surface area contributed by atoms with Crippen molar-refractivity contribution in [2.24, 2.45) is 0 Å². The highest BCUT2D eigenvalue weighted by Gasteiger charge is 2.38. The van der Waals surface area contributed by atoms with E-state index in [0.717, 1.165) is 5.56 Å². The first-order chi connectivity index (χ1) is 12.7. The molecule has 0 spiro atoms. The molecule has 0 unspecified atom stereocenters. The highest BCUT2D eigenvalue weighted by Crippen LogP contribution is 2.25. The first-order valence-electron chi connectivity index (χ1n) is 8.97. The van der Waals surface area contributed by atoms with Gasteiger partial charge >= 0.3 is 0 Å². The second-order valence-corrected chi connectivity index (χ2v) is 6.54. The van der Waals surface area contributed by atoms with E-state index in [1.54, 1.807) is 17.0 Å². The van der Waals surface area contributed by atoms with Crippen molar-refractivity contribution in [3.63, 3.8) is 0 Å². The van der Waals surface area contributed by atoms with Gasteiger partial charge in [-0.3, -0.25) is 4.79 Å². The predicted octanol–water partition coefficient (Wildman–Crippen LogP) is 2.53. The molecule has 1 fully saturated rings. The van der Waals surface area contributed by atoms with Gasteiger partial charge in [0, 0.05) is 18.5 Å². The van der Waals surface area contributed by atoms with E-state index in [4.69, 9.17) is 9.47 Å². The number of rotatable bonds is 6. The van der Waals surface area contributed by atoms with Crippen molar-refractivity contribution in [2.45, 2.75) is 18.9 Å². The summed E-state index contributed by atoms with van der Waals surface area (Å²) in [5.74, 6) is 0.616. The van der Waals surface area contributed by atoms with Crippen LogP contribution in [0.1, 0.15) is 22.8 Å². The summed E-state index contributed by atoms with van der Waals surface area (Å²) in [6.07, 6.45) is 0.563. The Morgan fingerprint density at radius 1 is 1.23 bits per heavy atom. The van der Waals surface area contributed by atoms with Gasteiger partial charge in [0.05, 0.1) is 26.4 Å². The molecular weight excluding hydrogens is 330 g/mol. The third-order valence-electron chi connectivity index (χ3n) is 4.58. The second-order valence-electron chi connectivity index (χ2n) is 6.54. The highest BCUT2D eigenvalue weighted by molar-refractivity contribution is 5.94. The molecule has 1 aliphatic heterocycles. The van der Waals surface area contributed by atoms with Gasteiger partial charge in [-0.15, -0.1) is 0 Å². The van der Waals surface area contributed by atoms with E-state index in [-0.39, 0.29) is 12.5 Å². The number of ether oxygens (including phenoxy) is 2. The first kappa shape index (κ1) is 18.4. The average Bonchev–Trinajstić information content (AvgIpc) is 2.69. The third-order valence-corrected chi connectivity index (χ3v) is 4.58. The summed E-state index contributed by atoms with van der Waals surface area (Å²) in [5, 5.41) is 10.0. The van der Waals surface area contributed by atoms with Crippen molar-refractivity contribution in [1.29, 1.82) is 0 Å². The van der Waals surface area contributed by atoms with Crippen LogP contribution in [0.15, 0.2) is 54.6 Å². The Hall–Kier alpha value is -2.37. The Bertz CT molecular complexity index is 734. The standard InChI is InChI=1S/C21H25NO4/c1-2-25-19-10-6-9-18(13-19)20(24)22-11-12-26-21(15-22,16-23)14-17-7-4-3-5-8-17/h3-10,13,23H,2,11-12,14-16H2,1H3/t21-/m0/s1. The molecule has 3 rings (SSSR count). The van der Waals surface area contributed by atoms with Crippen molar-refractivity contribution in [3.05, 3.63) is 65.7 Å². The summed E-state index contributed by atoms with van der Waals surface area (Å²) in [4.78, 5) is 14.7. The molecule has 2 aromatic rings. The Balaban J connectivity index is 1.76. The van der Waals surface area contributed by atoms with Crippen molar-refractivity contribution in [2.75, 3.05) is 32.9 Å². The number of nitrogens with zero attached hydrogens (tertiary/aromatic N) is 1. The Labute approximate surface area is 154 Å². The van der Waals surface area contributed by atoms with Gasteiger partial charge in [0.1, 0.15) is 11.4 Å². The molecule has 26 heavy (non-hydrogen) atoms. The largest absolute Gasteiger partial charge is 0.494 e. The molecule has 1 heterocycles. The van der Waals surface area contributed by atoms with Crippen molar-refractivity contribution in [3.8, 4) is 5.75 Å². The summed E-state index contributed by atoms with van der Waals surface area (Å²) in [6.45, 7) is 3.61. The van der Waals surface area contributed by atoms with Crippen molar-refractivity contribution in [1.82, 2.24) is 4.90 Å². The van der Waals surface area contributed by atoms with E-state index >= 15 is 0 Å². The number of benzene rings is 2. The van der Waals surface area contributed by atoms with Crippen LogP contribution in [0.2, 0.25) is 0 Å². The maximum absolute atomic E-state index is 12.9. The summed E-state index contributed by atoms with van der Waals surface area (Å²) in [5.41, 5.74) is 0.894. The van der Waals surface area contributed by atoms with Gasteiger partial charge in [0.2, 0.25) is 0 Å². The molecule has 5 nitrogen and oxygen atoms in total. The van der Waals surface area contributed by atoms with Gasteiger partial charge in [0.15, 0.2) is 0 Å². The molecule has 5 heteroatoms. The summed E-state index contributed by atoms with van der Waals surface area (Å²) < 4.78 is 11.4. The van der Waals surface area contributed by atoms with Gasteiger partial charge in [-0.1, -0.05) is 36.4 Å². The Morgan fingerprint density at radius 3 is 2.77 bits per heavy atom. The number of hydrogen-bond donors (Lipinski definition) is 1. The van der Waals surface area contributed by atoms with Crippen LogP contribution < -0.4 is 4.74 Å². The zero-order valence-electron chi connectivity index (χ0n) is 15.1. The Morgan fingerprint density at radius 2 is 2.04 bits per heavy atom. The van der Waals surface area contributed by atoms with Crippen LogP contribution in [0.25, 0.3) is 0 Å². The maximum atomic E-state index is 12.9. The number of hydrogen-bond acceptors (Lipinski definition) is 4. The van der Waals surface area contributed by atoms with Gasteiger partial charge < -0.3 is 19.5 Å². The maximum Gasteiger partial charge on any atom is 0.254 e. The fourth-order valence-corrected chi connectivity index (χ4v) is 3.31. The monoisotopic (exact) mass is 355 g/mol. The second kappa shape index (κ2) is 8.34. The van der Waals surface area contributed by atoms with Crippen LogP contribution >= 0.6 is 0 Å². The molecular formula is C21H25NO4. The van der Waals surface area contributed by atoms with E-state index in [9.17, 15) is 9.90 Å². The minimum absolute atomic E-state index is 0.0688. The fourth-order valence-electron chi connectivity index (χ4n) is 3.31. The van der Waals surface area contributed by atoms with Crippen LogP contribution in [0.5, 0.6) is 5.75 Å². The van der Waals surface area contributed by atoms with E-state index in [1.165, 1.54) is 0 Å². The van der Waals surface area contributed by atoms with Gasteiger partial charge in [-0.2, -0.15) is 0 Å². The summed E-state index contributed by atoms with van der Waals surface area (Å²) in [7, 11) is 0. The molecule has 0 aliphatic carbocycles. The highest BCUT2D eigenvalue weighted by atomic mass is 16.5. The smallest absolute Gasteiger partial charge is 0.254 e. The minimum Gasteiger partial charge on any atom is -0.494 e. The number of aliphatic hydroxyl groups is 1. The zero-order chi connectivity index (χ0) is 18.4. The lowest BCUT2D eigenvalue weighted by Gasteiger charge is -2.42. The van der Waals surface area contributed by atoms with Crippen LogP contribution in [-0.2, 0) is 11.2 Å². The van der Waals surface area contributed by atoms with Crippen LogP contribution in [-0.4, -0.2) is 54.4 Å².